The van der Waals surface area contributed by atoms with E-state index in [1.807, 2.05) is 0 Å². The first-order valence-corrected chi connectivity index (χ1v) is 4.70. The average molecular weight is 193 g/mol. The zero-order chi connectivity index (χ0) is 10.4. The van der Waals surface area contributed by atoms with Gasteiger partial charge in [0.05, 0.1) is 12.1 Å². The Kier molecular flexibility index (Phi) is 4.07. The van der Waals surface area contributed by atoms with Gasteiger partial charge in [0, 0.05) is 6.20 Å². The van der Waals surface area contributed by atoms with E-state index >= 15 is 0 Å². The zero-order valence-corrected chi connectivity index (χ0v) is 8.29. The lowest BCUT2D eigenvalue weighted by molar-refractivity contribution is 0.0992. The summed E-state index contributed by atoms with van der Waals surface area (Å²) in [4.78, 5) is 15.4. The van der Waals surface area contributed by atoms with Crippen LogP contribution in [0, 0.1) is 0 Å². The maximum Gasteiger partial charge on any atom is 0.180 e. The second-order valence-corrected chi connectivity index (χ2v) is 3.04. The molecule has 0 amide bonds. The van der Waals surface area contributed by atoms with Gasteiger partial charge in [0.1, 0.15) is 5.82 Å². The first-order valence-electron chi connectivity index (χ1n) is 4.70. The molecule has 1 heterocycles. The summed E-state index contributed by atoms with van der Waals surface area (Å²) in [7, 11) is 0. The molecule has 0 aromatic carbocycles. The number of anilines is 1. The SMILES string of the molecule is CCCNCC(=O)c1cccnc1N. The lowest BCUT2D eigenvalue weighted by Crippen LogP contribution is -2.24. The molecule has 0 bridgehead atoms. The third-order valence-electron chi connectivity index (χ3n) is 1.85. The number of carbonyl (C=O) groups excluding carboxylic acids is 1. The summed E-state index contributed by atoms with van der Waals surface area (Å²) in [5.74, 6) is 0.292. The highest BCUT2D eigenvalue weighted by Crippen LogP contribution is 2.06. The molecule has 3 N–H and O–H groups in total. The minimum absolute atomic E-state index is 0.0101. The first-order chi connectivity index (χ1) is 6.75. The number of nitrogens with zero attached hydrogens (tertiary/aromatic N) is 1. The molecule has 1 rings (SSSR count). The van der Waals surface area contributed by atoms with E-state index in [0.29, 0.717) is 17.9 Å². The van der Waals surface area contributed by atoms with Gasteiger partial charge in [-0.25, -0.2) is 4.98 Å². The molecule has 14 heavy (non-hydrogen) atoms. The van der Waals surface area contributed by atoms with Crippen molar-refractivity contribution in [3.05, 3.63) is 23.9 Å². The van der Waals surface area contributed by atoms with Crippen LogP contribution in [0.4, 0.5) is 5.82 Å². The van der Waals surface area contributed by atoms with Gasteiger partial charge in [-0.2, -0.15) is 0 Å². The van der Waals surface area contributed by atoms with Crippen LogP contribution in [0.1, 0.15) is 23.7 Å². The largest absolute Gasteiger partial charge is 0.383 e. The average Bonchev–Trinajstić information content (AvgIpc) is 2.18. The molecule has 0 aliphatic rings. The molecular weight excluding hydrogens is 178 g/mol. The maximum atomic E-state index is 11.6. The van der Waals surface area contributed by atoms with Crippen molar-refractivity contribution in [1.29, 1.82) is 0 Å². The number of nitrogens with one attached hydrogen (secondary N) is 1. The predicted octanol–water partition coefficient (Wildman–Crippen LogP) is 0.846. The van der Waals surface area contributed by atoms with Gasteiger partial charge in [0.2, 0.25) is 0 Å². The number of pyridine rings is 1. The molecule has 0 unspecified atom stereocenters. The van der Waals surface area contributed by atoms with Crippen LogP contribution in [0.5, 0.6) is 0 Å². The van der Waals surface area contributed by atoms with Crippen molar-refractivity contribution < 1.29 is 4.79 Å². The van der Waals surface area contributed by atoms with E-state index in [2.05, 4.69) is 17.2 Å². The van der Waals surface area contributed by atoms with Crippen molar-refractivity contribution in [1.82, 2.24) is 10.3 Å². The molecule has 0 radical (unpaired) electrons. The summed E-state index contributed by atoms with van der Waals surface area (Å²) in [5.41, 5.74) is 6.06. The Bertz CT molecular complexity index is 312. The Labute approximate surface area is 83.5 Å². The van der Waals surface area contributed by atoms with E-state index in [4.69, 9.17) is 5.73 Å². The van der Waals surface area contributed by atoms with E-state index in [-0.39, 0.29) is 5.78 Å². The van der Waals surface area contributed by atoms with Crippen LogP contribution in [-0.2, 0) is 0 Å². The topological polar surface area (TPSA) is 68.0 Å². The molecule has 1 aromatic heterocycles. The molecule has 0 fully saturated rings. The standard InChI is InChI=1S/C10H15N3O/c1-2-5-12-7-9(14)8-4-3-6-13-10(8)11/h3-4,6,12H,2,5,7H2,1H3,(H2,11,13). The number of nitrogen functional groups attached to an aromatic ring is 1. The maximum absolute atomic E-state index is 11.6. The fraction of sp³-hybridized carbons (Fsp3) is 0.400. The Morgan fingerprint density at radius 2 is 2.43 bits per heavy atom. The van der Waals surface area contributed by atoms with E-state index in [1.54, 1.807) is 18.3 Å². The molecule has 1 aromatic rings. The summed E-state index contributed by atoms with van der Waals surface area (Å²) in [6.45, 7) is 3.21. The smallest absolute Gasteiger partial charge is 0.180 e. The predicted molar refractivity (Wildman–Crippen MR) is 56.1 cm³/mol. The van der Waals surface area contributed by atoms with Gasteiger partial charge in [-0.3, -0.25) is 4.79 Å². The highest BCUT2D eigenvalue weighted by molar-refractivity contribution is 6.01. The number of rotatable bonds is 5. The van der Waals surface area contributed by atoms with Crippen LogP contribution in [-0.4, -0.2) is 23.9 Å². The fourth-order valence-electron chi connectivity index (χ4n) is 1.13. The lowest BCUT2D eigenvalue weighted by atomic mass is 10.1. The molecule has 0 aliphatic carbocycles. The highest BCUT2D eigenvalue weighted by Gasteiger charge is 2.08. The molecule has 0 saturated heterocycles. The van der Waals surface area contributed by atoms with Crippen molar-refractivity contribution in [2.24, 2.45) is 0 Å². The van der Waals surface area contributed by atoms with Crippen LogP contribution in [0.15, 0.2) is 18.3 Å². The lowest BCUT2D eigenvalue weighted by Gasteiger charge is -2.04. The van der Waals surface area contributed by atoms with Gasteiger partial charge < -0.3 is 11.1 Å². The molecule has 0 saturated carbocycles. The number of carbonyl (C=O) groups is 1. The summed E-state index contributed by atoms with van der Waals surface area (Å²) in [6, 6.07) is 3.40. The number of hydrogen-bond donors (Lipinski definition) is 2. The van der Waals surface area contributed by atoms with Gasteiger partial charge in [-0.15, -0.1) is 0 Å². The molecule has 4 heteroatoms. The number of hydrogen-bond acceptors (Lipinski definition) is 4. The van der Waals surface area contributed by atoms with Crippen LogP contribution in [0.2, 0.25) is 0 Å². The van der Waals surface area contributed by atoms with Crippen LogP contribution in [0.25, 0.3) is 0 Å². The normalized spacial score (nSPS) is 10.1. The first kappa shape index (κ1) is 10.7. The van der Waals surface area contributed by atoms with Gasteiger partial charge >= 0.3 is 0 Å². The van der Waals surface area contributed by atoms with Crippen molar-refractivity contribution >= 4 is 11.6 Å². The zero-order valence-electron chi connectivity index (χ0n) is 8.29. The molecule has 0 atom stereocenters. The molecule has 0 aliphatic heterocycles. The van der Waals surface area contributed by atoms with Gasteiger partial charge in [-0.05, 0) is 25.1 Å². The molecule has 76 valence electrons. The van der Waals surface area contributed by atoms with E-state index in [1.165, 1.54) is 0 Å². The fourth-order valence-corrected chi connectivity index (χ4v) is 1.13. The van der Waals surface area contributed by atoms with Crippen molar-refractivity contribution in [3.63, 3.8) is 0 Å². The van der Waals surface area contributed by atoms with Crippen LogP contribution < -0.4 is 11.1 Å². The summed E-state index contributed by atoms with van der Waals surface area (Å²) in [5, 5.41) is 3.03. The van der Waals surface area contributed by atoms with Crippen LogP contribution >= 0.6 is 0 Å². The van der Waals surface area contributed by atoms with Crippen molar-refractivity contribution in [2.75, 3.05) is 18.8 Å². The minimum Gasteiger partial charge on any atom is -0.383 e. The van der Waals surface area contributed by atoms with Gasteiger partial charge in [-0.1, -0.05) is 6.92 Å². The Balaban J connectivity index is 2.56. The van der Waals surface area contributed by atoms with E-state index < -0.39 is 0 Å². The molecule has 0 spiro atoms. The van der Waals surface area contributed by atoms with E-state index in [0.717, 1.165) is 13.0 Å². The second kappa shape index (κ2) is 5.34. The molecular formula is C10H15N3O. The number of Topliss-reactive ketones (excluding diaryl/α,β-unsaturated/α-hetero) is 1. The highest BCUT2D eigenvalue weighted by atomic mass is 16.1. The van der Waals surface area contributed by atoms with E-state index in [9.17, 15) is 4.79 Å². The Morgan fingerprint density at radius 3 is 3.07 bits per heavy atom. The van der Waals surface area contributed by atoms with Gasteiger partial charge in [0.15, 0.2) is 5.78 Å². The summed E-state index contributed by atoms with van der Waals surface area (Å²) in [6.07, 6.45) is 2.58. The third-order valence-corrected chi connectivity index (χ3v) is 1.85. The quantitative estimate of drug-likeness (QED) is 0.537. The monoisotopic (exact) mass is 193 g/mol. The second-order valence-electron chi connectivity index (χ2n) is 3.04. The molecule has 4 nitrogen and oxygen atoms in total. The Hall–Kier alpha value is -1.42. The van der Waals surface area contributed by atoms with Crippen LogP contribution in [0.3, 0.4) is 0 Å². The van der Waals surface area contributed by atoms with Gasteiger partial charge in [0.25, 0.3) is 0 Å². The number of aromatic nitrogens is 1. The van der Waals surface area contributed by atoms with Crippen molar-refractivity contribution in [2.45, 2.75) is 13.3 Å². The number of nitrogens with two attached hydrogens (primary N) is 1. The Morgan fingerprint density at radius 1 is 1.64 bits per heavy atom. The number of ketones is 1. The summed E-state index contributed by atoms with van der Waals surface area (Å²) >= 11 is 0. The van der Waals surface area contributed by atoms with Crippen molar-refractivity contribution in [3.8, 4) is 0 Å². The summed E-state index contributed by atoms with van der Waals surface area (Å²) < 4.78 is 0. The third kappa shape index (κ3) is 2.81. The minimum atomic E-state index is -0.0101.